The van der Waals surface area contributed by atoms with E-state index in [1.807, 2.05) is 21.1 Å². The summed E-state index contributed by atoms with van der Waals surface area (Å²) in [5.41, 5.74) is 7.59. The van der Waals surface area contributed by atoms with Gasteiger partial charge in [0.1, 0.15) is 12.3 Å². The van der Waals surface area contributed by atoms with Crippen molar-refractivity contribution in [3.8, 4) is 5.88 Å². The molecule has 1 aromatic rings. The van der Waals surface area contributed by atoms with Crippen molar-refractivity contribution < 1.29 is 4.74 Å². The van der Waals surface area contributed by atoms with Crippen molar-refractivity contribution in [3.63, 3.8) is 0 Å². The minimum Gasteiger partial charge on any atom is -0.474 e. The van der Waals surface area contributed by atoms with Crippen LogP contribution in [0.4, 0.5) is 5.69 Å². The average Bonchev–Trinajstić information content (AvgIpc) is 2.52. The fourth-order valence-corrected chi connectivity index (χ4v) is 1.52. The second-order valence-corrected chi connectivity index (χ2v) is 5.88. The second-order valence-electron chi connectivity index (χ2n) is 5.88. The summed E-state index contributed by atoms with van der Waals surface area (Å²) in [6, 6.07) is 0. The second kappa shape index (κ2) is 5.18. The first-order valence-corrected chi connectivity index (χ1v) is 6.29. The minimum atomic E-state index is -0.0469. The zero-order valence-corrected chi connectivity index (χ0v) is 12.6. The van der Waals surface area contributed by atoms with E-state index in [0.717, 1.165) is 5.69 Å². The number of nitrogen functional groups attached to an aromatic ring is 1. The Labute approximate surface area is 110 Å². The molecule has 0 unspecified atom stereocenters. The normalized spacial score (nSPS) is 12.5. The summed E-state index contributed by atoms with van der Waals surface area (Å²) < 4.78 is 7.58. The molecule has 0 aliphatic rings. The van der Waals surface area contributed by atoms with Crippen molar-refractivity contribution in [2.75, 3.05) is 26.4 Å². The van der Waals surface area contributed by atoms with E-state index in [2.05, 4.69) is 37.7 Å². The van der Waals surface area contributed by atoms with Crippen LogP contribution in [0.1, 0.15) is 39.3 Å². The lowest BCUT2D eigenvalue weighted by atomic mass is 10.1. The Morgan fingerprint density at radius 2 is 1.94 bits per heavy atom. The van der Waals surface area contributed by atoms with E-state index in [1.165, 1.54) is 0 Å². The summed E-state index contributed by atoms with van der Waals surface area (Å²) in [4.78, 5) is 2.13. The molecule has 0 radical (unpaired) electrons. The lowest BCUT2D eigenvalue weighted by molar-refractivity contribution is 0.108. The van der Waals surface area contributed by atoms with Crippen LogP contribution in [0.25, 0.3) is 0 Å². The number of hydrogen-bond donors (Lipinski definition) is 1. The maximum absolute atomic E-state index is 6.09. The van der Waals surface area contributed by atoms with Gasteiger partial charge < -0.3 is 15.4 Å². The number of nitrogens with zero attached hydrogens (tertiary/aromatic N) is 3. The molecule has 0 bridgehead atoms. The predicted octanol–water partition coefficient (Wildman–Crippen LogP) is 1.84. The molecular weight excluding hydrogens is 228 g/mol. The van der Waals surface area contributed by atoms with Gasteiger partial charge in [0.25, 0.3) is 0 Å². The Kier molecular flexibility index (Phi) is 4.27. The summed E-state index contributed by atoms with van der Waals surface area (Å²) in [6.45, 7) is 8.98. The summed E-state index contributed by atoms with van der Waals surface area (Å²) >= 11 is 0. The van der Waals surface area contributed by atoms with Gasteiger partial charge in [-0.1, -0.05) is 13.8 Å². The molecule has 2 N–H and O–H groups in total. The Morgan fingerprint density at radius 3 is 2.33 bits per heavy atom. The van der Waals surface area contributed by atoms with Crippen LogP contribution in [-0.4, -0.2) is 40.9 Å². The molecular formula is C13H26N4O. The van der Waals surface area contributed by atoms with Crippen LogP contribution in [0, 0.1) is 0 Å². The molecule has 1 rings (SSSR count). The van der Waals surface area contributed by atoms with Gasteiger partial charge in [0.15, 0.2) is 0 Å². The third-order valence-electron chi connectivity index (χ3n) is 3.38. The molecule has 1 aromatic heterocycles. The Hall–Kier alpha value is -1.23. The van der Waals surface area contributed by atoms with E-state index in [0.29, 0.717) is 24.1 Å². The fraction of sp³-hybridized carbons (Fsp3) is 0.769. The highest BCUT2D eigenvalue weighted by molar-refractivity contribution is 5.54. The van der Waals surface area contributed by atoms with Gasteiger partial charge in [-0.2, -0.15) is 5.10 Å². The first kappa shape index (κ1) is 14.8. The summed E-state index contributed by atoms with van der Waals surface area (Å²) in [7, 11) is 5.94. The van der Waals surface area contributed by atoms with Gasteiger partial charge in [0.2, 0.25) is 5.88 Å². The number of aromatic nitrogens is 2. The molecule has 0 aliphatic heterocycles. The van der Waals surface area contributed by atoms with Crippen molar-refractivity contribution in [3.05, 3.63) is 5.69 Å². The van der Waals surface area contributed by atoms with E-state index in [1.54, 1.807) is 4.68 Å². The molecule has 1 heterocycles. The van der Waals surface area contributed by atoms with Crippen molar-refractivity contribution in [2.24, 2.45) is 7.05 Å². The Morgan fingerprint density at radius 1 is 1.39 bits per heavy atom. The smallest absolute Gasteiger partial charge is 0.235 e. The molecule has 104 valence electrons. The van der Waals surface area contributed by atoms with Gasteiger partial charge in [0.05, 0.1) is 5.69 Å². The molecule has 0 atom stereocenters. The zero-order valence-electron chi connectivity index (χ0n) is 12.6. The molecule has 0 saturated carbocycles. The topological polar surface area (TPSA) is 56.3 Å². The highest BCUT2D eigenvalue weighted by Gasteiger charge is 2.24. The first-order chi connectivity index (χ1) is 8.16. The van der Waals surface area contributed by atoms with Crippen LogP contribution >= 0.6 is 0 Å². The molecule has 0 amide bonds. The monoisotopic (exact) mass is 254 g/mol. The van der Waals surface area contributed by atoms with E-state index in [4.69, 9.17) is 10.5 Å². The van der Waals surface area contributed by atoms with Crippen LogP contribution in [0.5, 0.6) is 5.88 Å². The number of anilines is 1. The number of likely N-dealkylation sites (N-methyl/N-ethyl adjacent to an activating group) is 1. The van der Waals surface area contributed by atoms with E-state index in [-0.39, 0.29) is 5.54 Å². The molecule has 5 nitrogen and oxygen atoms in total. The number of nitrogens with two attached hydrogens (primary N) is 1. The van der Waals surface area contributed by atoms with Gasteiger partial charge in [-0.3, -0.25) is 0 Å². The van der Waals surface area contributed by atoms with Crippen LogP contribution in [0.15, 0.2) is 0 Å². The van der Waals surface area contributed by atoms with Crippen LogP contribution < -0.4 is 10.5 Å². The number of aryl methyl sites for hydroxylation is 1. The lowest BCUT2D eigenvalue weighted by Gasteiger charge is -2.32. The number of ether oxygens (including phenoxy) is 1. The van der Waals surface area contributed by atoms with E-state index >= 15 is 0 Å². The van der Waals surface area contributed by atoms with Crippen molar-refractivity contribution in [2.45, 2.75) is 39.2 Å². The van der Waals surface area contributed by atoms with Gasteiger partial charge >= 0.3 is 0 Å². The van der Waals surface area contributed by atoms with Crippen molar-refractivity contribution >= 4 is 5.69 Å². The zero-order chi connectivity index (χ0) is 14.1. The molecule has 5 heteroatoms. The highest BCUT2D eigenvalue weighted by atomic mass is 16.5. The van der Waals surface area contributed by atoms with E-state index < -0.39 is 0 Å². The summed E-state index contributed by atoms with van der Waals surface area (Å²) in [5.74, 6) is 0.962. The molecule has 0 aliphatic carbocycles. The minimum absolute atomic E-state index is 0.0469. The lowest BCUT2D eigenvalue weighted by Crippen LogP contribution is -2.43. The van der Waals surface area contributed by atoms with Crippen molar-refractivity contribution in [1.82, 2.24) is 14.7 Å². The molecule has 18 heavy (non-hydrogen) atoms. The Bertz CT molecular complexity index is 407. The predicted molar refractivity (Wildman–Crippen MR) is 75.0 cm³/mol. The summed E-state index contributed by atoms with van der Waals surface area (Å²) in [6.07, 6.45) is 0. The van der Waals surface area contributed by atoms with Crippen LogP contribution in [0.2, 0.25) is 0 Å². The van der Waals surface area contributed by atoms with Gasteiger partial charge in [-0.15, -0.1) is 0 Å². The SMILES string of the molecule is CC(C)c1nn(C)c(OCC(C)(C)N(C)C)c1N. The molecule has 0 spiro atoms. The van der Waals surface area contributed by atoms with Crippen molar-refractivity contribution in [1.29, 1.82) is 0 Å². The van der Waals surface area contributed by atoms with Crippen LogP contribution in [-0.2, 0) is 7.05 Å². The first-order valence-electron chi connectivity index (χ1n) is 6.29. The maximum atomic E-state index is 6.09. The number of rotatable bonds is 5. The van der Waals surface area contributed by atoms with Crippen LogP contribution in [0.3, 0.4) is 0 Å². The molecule has 0 saturated heterocycles. The average molecular weight is 254 g/mol. The third-order valence-corrected chi connectivity index (χ3v) is 3.38. The molecule has 0 aromatic carbocycles. The van der Waals surface area contributed by atoms with Gasteiger partial charge in [0, 0.05) is 12.6 Å². The van der Waals surface area contributed by atoms with E-state index in [9.17, 15) is 0 Å². The highest BCUT2D eigenvalue weighted by Crippen LogP contribution is 2.30. The maximum Gasteiger partial charge on any atom is 0.235 e. The third kappa shape index (κ3) is 2.96. The quantitative estimate of drug-likeness (QED) is 0.871. The standard InChI is InChI=1S/C13H26N4O/c1-9(2)11-10(14)12(17(7)15-11)18-8-13(3,4)16(5)6/h9H,8,14H2,1-7H3. The number of hydrogen-bond acceptors (Lipinski definition) is 4. The Balaban J connectivity index is 2.86. The molecule has 0 fully saturated rings. The summed E-state index contributed by atoms with van der Waals surface area (Å²) in [5, 5.41) is 4.41. The largest absolute Gasteiger partial charge is 0.474 e. The fourth-order valence-electron chi connectivity index (χ4n) is 1.52. The van der Waals surface area contributed by atoms with Gasteiger partial charge in [-0.05, 0) is 33.9 Å². The van der Waals surface area contributed by atoms with Gasteiger partial charge in [-0.25, -0.2) is 4.68 Å².